The van der Waals surface area contributed by atoms with Crippen molar-refractivity contribution in [1.29, 1.82) is 0 Å². The number of amides is 1. The lowest BCUT2D eigenvalue weighted by molar-refractivity contribution is -0.138. The number of sulfonamides is 1. The number of fused-ring (bicyclic) bond motifs is 2. The maximum atomic E-state index is 13.5. The van der Waals surface area contributed by atoms with Crippen LogP contribution in [0.2, 0.25) is 0 Å². The number of thiazole rings is 1. The van der Waals surface area contributed by atoms with E-state index < -0.39 is 28.5 Å². The zero-order valence-corrected chi connectivity index (χ0v) is 22.1. The van der Waals surface area contributed by atoms with Crippen LogP contribution >= 0.6 is 11.3 Å². The van der Waals surface area contributed by atoms with Crippen molar-refractivity contribution in [2.45, 2.75) is 30.5 Å². The minimum absolute atomic E-state index is 0.00273. The molecule has 1 unspecified atom stereocenters. The fourth-order valence-electron chi connectivity index (χ4n) is 4.83. The van der Waals surface area contributed by atoms with Crippen LogP contribution in [0.3, 0.4) is 0 Å². The lowest BCUT2D eigenvalue weighted by Crippen LogP contribution is -2.57. The number of carboxylic acid groups (broad SMARTS) is 1. The number of likely N-dealkylation sites (N-methyl/N-ethyl adjacent to an activating group) is 1. The van der Waals surface area contributed by atoms with Crippen LogP contribution in [-0.2, 0) is 27.8 Å². The van der Waals surface area contributed by atoms with Crippen LogP contribution in [0.5, 0.6) is 0 Å². The Labute approximate surface area is 222 Å². The first-order valence-corrected chi connectivity index (χ1v) is 14.1. The fraction of sp³-hybridized carbons (Fsp3) is 0.391. The van der Waals surface area contributed by atoms with Crippen molar-refractivity contribution in [3.63, 3.8) is 0 Å². The summed E-state index contributed by atoms with van der Waals surface area (Å²) in [6, 6.07) is 5.39. The van der Waals surface area contributed by atoms with E-state index in [1.54, 1.807) is 18.2 Å². The number of nitrogens with one attached hydrogen (secondary N) is 1. The van der Waals surface area contributed by atoms with Gasteiger partial charge in [0.2, 0.25) is 0 Å². The van der Waals surface area contributed by atoms with Gasteiger partial charge in [0.15, 0.2) is 10.8 Å². The lowest BCUT2D eigenvalue weighted by Gasteiger charge is -2.39. The van der Waals surface area contributed by atoms with Crippen LogP contribution in [0.4, 0.5) is 0 Å². The predicted octanol–water partition coefficient (Wildman–Crippen LogP) is 0.697. The van der Waals surface area contributed by atoms with E-state index in [4.69, 9.17) is 10.9 Å². The van der Waals surface area contributed by atoms with Crippen molar-refractivity contribution in [3.05, 3.63) is 45.4 Å². The van der Waals surface area contributed by atoms with Gasteiger partial charge < -0.3 is 30.8 Å². The van der Waals surface area contributed by atoms with Crippen molar-refractivity contribution in [3.8, 4) is 0 Å². The van der Waals surface area contributed by atoms with Gasteiger partial charge in [0.1, 0.15) is 5.03 Å². The third kappa shape index (κ3) is 4.84. The molecule has 2 aromatic heterocycles. The zero-order chi connectivity index (χ0) is 27.2. The number of aromatic nitrogens is 2. The molecule has 38 heavy (non-hydrogen) atoms. The highest BCUT2D eigenvalue weighted by Crippen LogP contribution is 2.29. The standard InChI is InChI=1S/C23H27N7O6S2/c1-28-5-4-17-18(12-28)37-22(26-17)23(33)30-7-6-29(11-15(30)10-20(31)32)38(35,36)19-9-14-8-13(21(24)27-34)2-3-16(14)25-19/h2-3,8-9,15,25,34H,4-7,10-12H2,1H3,(H2,24,27)(H,31,32). The number of hydrogen-bond donors (Lipinski definition) is 4. The molecule has 1 amide bonds. The van der Waals surface area contributed by atoms with Crippen LogP contribution in [0.25, 0.3) is 10.9 Å². The first kappa shape index (κ1) is 26.1. The maximum absolute atomic E-state index is 13.5. The average Bonchev–Trinajstić information content (AvgIpc) is 3.51. The molecule has 1 aromatic carbocycles. The van der Waals surface area contributed by atoms with Gasteiger partial charge in [-0.2, -0.15) is 4.31 Å². The molecular weight excluding hydrogens is 534 g/mol. The minimum Gasteiger partial charge on any atom is -0.481 e. The minimum atomic E-state index is -4.04. The molecular formula is C23H27N7O6S2. The normalized spacial score (nSPS) is 19.6. The third-order valence-electron chi connectivity index (χ3n) is 6.84. The Balaban J connectivity index is 1.39. The SMILES string of the molecule is CN1CCc2nc(C(=O)N3CCN(S(=O)(=O)c4cc5cc(C(N)=NO)ccc5[nH]4)CC3CC(=O)O)sc2C1. The largest absolute Gasteiger partial charge is 0.481 e. The smallest absolute Gasteiger partial charge is 0.305 e. The fourth-order valence-corrected chi connectivity index (χ4v) is 7.45. The Hall–Kier alpha value is -3.53. The van der Waals surface area contributed by atoms with Crippen LogP contribution in [0.1, 0.15) is 32.4 Å². The van der Waals surface area contributed by atoms with Gasteiger partial charge in [-0.15, -0.1) is 11.3 Å². The third-order valence-corrected chi connectivity index (χ3v) is 9.70. The highest BCUT2D eigenvalue weighted by Gasteiger charge is 2.39. The number of piperazine rings is 1. The van der Waals surface area contributed by atoms with Crippen molar-refractivity contribution in [2.24, 2.45) is 10.9 Å². The molecule has 202 valence electrons. The second kappa shape index (κ2) is 9.98. The highest BCUT2D eigenvalue weighted by atomic mass is 32.2. The summed E-state index contributed by atoms with van der Waals surface area (Å²) >= 11 is 1.31. The lowest BCUT2D eigenvalue weighted by atomic mass is 10.1. The highest BCUT2D eigenvalue weighted by molar-refractivity contribution is 7.89. The van der Waals surface area contributed by atoms with Crippen molar-refractivity contribution < 1.29 is 28.3 Å². The molecule has 1 fully saturated rings. The van der Waals surface area contributed by atoms with Gasteiger partial charge in [0, 0.05) is 60.5 Å². The van der Waals surface area contributed by atoms with E-state index in [2.05, 4.69) is 20.0 Å². The van der Waals surface area contributed by atoms with Gasteiger partial charge in [-0.25, -0.2) is 13.4 Å². The number of carbonyl (C=O) groups excluding carboxylic acids is 1. The number of amidine groups is 1. The second-order valence-corrected chi connectivity index (χ2v) is 12.4. The van der Waals surface area contributed by atoms with Crippen LogP contribution < -0.4 is 5.73 Å². The van der Waals surface area contributed by atoms with Gasteiger partial charge in [-0.1, -0.05) is 5.16 Å². The molecule has 3 aromatic rings. The molecule has 15 heteroatoms. The number of hydrogen-bond acceptors (Lipinski definition) is 9. The first-order valence-electron chi connectivity index (χ1n) is 11.9. The molecule has 0 spiro atoms. The van der Waals surface area contributed by atoms with E-state index in [-0.39, 0.29) is 36.4 Å². The van der Waals surface area contributed by atoms with E-state index in [1.165, 1.54) is 26.6 Å². The Morgan fingerprint density at radius 2 is 2.05 bits per heavy atom. The van der Waals surface area contributed by atoms with E-state index in [9.17, 15) is 23.1 Å². The van der Waals surface area contributed by atoms with Crippen LogP contribution in [-0.4, -0.2) is 99.8 Å². The van der Waals surface area contributed by atoms with E-state index in [0.29, 0.717) is 28.0 Å². The molecule has 4 heterocycles. The summed E-state index contributed by atoms with van der Waals surface area (Å²) in [6.45, 7) is 1.42. The number of carboxylic acids is 1. The second-order valence-electron chi connectivity index (χ2n) is 9.41. The Bertz CT molecular complexity index is 1550. The summed E-state index contributed by atoms with van der Waals surface area (Å²) in [6.07, 6.45) is 0.340. The average molecular weight is 562 g/mol. The van der Waals surface area contributed by atoms with E-state index >= 15 is 0 Å². The Kier molecular flexibility index (Phi) is 6.85. The maximum Gasteiger partial charge on any atom is 0.305 e. The number of benzene rings is 1. The molecule has 0 saturated carbocycles. The van der Waals surface area contributed by atoms with Gasteiger partial charge in [0.25, 0.3) is 15.9 Å². The predicted molar refractivity (Wildman–Crippen MR) is 139 cm³/mol. The van der Waals surface area contributed by atoms with Gasteiger partial charge in [-0.05, 0) is 31.3 Å². The molecule has 0 radical (unpaired) electrons. The quantitative estimate of drug-likeness (QED) is 0.145. The van der Waals surface area contributed by atoms with Gasteiger partial charge >= 0.3 is 5.97 Å². The zero-order valence-electron chi connectivity index (χ0n) is 20.5. The number of nitrogens with two attached hydrogens (primary N) is 1. The van der Waals surface area contributed by atoms with Crippen molar-refractivity contribution in [2.75, 3.05) is 33.2 Å². The number of nitrogens with zero attached hydrogens (tertiary/aromatic N) is 5. The topological polar surface area (TPSA) is 186 Å². The number of oxime groups is 1. The summed E-state index contributed by atoms with van der Waals surface area (Å²) in [5.74, 6) is -1.62. The monoisotopic (exact) mass is 561 g/mol. The van der Waals surface area contributed by atoms with Crippen LogP contribution in [0.15, 0.2) is 34.4 Å². The van der Waals surface area contributed by atoms with Crippen LogP contribution in [0, 0.1) is 0 Å². The molecule has 2 aliphatic rings. The molecule has 1 atom stereocenters. The van der Waals surface area contributed by atoms with Gasteiger partial charge in [0.05, 0.1) is 18.2 Å². The molecule has 0 bridgehead atoms. The van der Waals surface area contributed by atoms with E-state index in [0.717, 1.165) is 23.5 Å². The number of H-pyrrole nitrogens is 1. The number of carbonyl (C=O) groups is 2. The number of aliphatic carboxylic acids is 1. The van der Waals surface area contributed by atoms with Crippen molar-refractivity contribution >= 4 is 50.0 Å². The summed E-state index contributed by atoms with van der Waals surface area (Å²) < 4.78 is 28.2. The summed E-state index contributed by atoms with van der Waals surface area (Å²) in [5.41, 5.74) is 7.49. The summed E-state index contributed by atoms with van der Waals surface area (Å²) in [4.78, 5) is 37.1. The first-order chi connectivity index (χ1) is 18.1. The molecule has 0 aliphatic carbocycles. The molecule has 1 saturated heterocycles. The molecule has 13 nitrogen and oxygen atoms in total. The Morgan fingerprint density at radius 3 is 2.79 bits per heavy atom. The molecule has 2 aliphatic heterocycles. The van der Waals surface area contributed by atoms with E-state index in [1.807, 2.05) is 7.05 Å². The molecule has 5 rings (SSSR count). The molecule has 5 N–H and O–H groups in total. The summed E-state index contributed by atoms with van der Waals surface area (Å²) in [7, 11) is -2.04. The number of aromatic amines is 1. The van der Waals surface area contributed by atoms with Crippen molar-refractivity contribution in [1.82, 2.24) is 24.1 Å². The number of rotatable bonds is 6. The van der Waals surface area contributed by atoms with Gasteiger partial charge in [-0.3, -0.25) is 9.59 Å². The summed E-state index contributed by atoms with van der Waals surface area (Å²) in [5, 5.41) is 22.2. The Morgan fingerprint density at radius 1 is 1.26 bits per heavy atom.